The highest BCUT2D eigenvalue weighted by Crippen LogP contribution is 2.29. The predicted octanol–water partition coefficient (Wildman–Crippen LogP) is 2.31. The first-order valence-electron chi connectivity index (χ1n) is 7.35. The van der Waals surface area contributed by atoms with Gasteiger partial charge in [0, 0.05) is 19.6 Å². The fourth-order valence-corrected chi connectivity index (χ4v) is 3.08. The van der Waals surface area contributed by atoms with E-state index in [0.29, 0.717) is 13.0 Å². The summed E-state index contributed by atoms with van der Waals surface area (Å²) in [5, 5.41) is 9.46. The van der Waals surface area contributed by atoms with E-state index in [4.69, 9.17) is 0 Å². The van der Waals surface area contributed by atoms with Crippen LogP contribution >= 0.6 is 0 Å². The van der Waals surface area contributed by atoms with E-state index in [-0.39, 0.29) is 6.03 Å². The smallest absolute Gasteiger partial charge is 0.329 e. The zero-order valence-corrected chi connectivity index (χ0v) is 11.7. The van der Waals surface area contributed by atoms with Crippen molar-refractivity contribution in [3.8, 4) is 0 Å². The molecule has 2 heterocycles. The highest BCUT2D eigenvalue weighted by Gasteiger charge is 2.45. The molecule has 0 saturated carbocycles. The Bertz CT molecular complexity index is 351. The van der Waals surface area contributed by atoms with Crippen LogP contribution in [-0.2, 0) is 4.79 Å². The van der Waals surface area contributed by atoms with E-state index in [0.717, 1.165) is 38.8 Å². The summed E-state index contributed by atoms with van der Waals surface area (Å²) in [6, 6.07) is -0.0773. The number of nitrogens with zero attached hydrogens (tertiary/aromatic N) is 2. The summed E-state index contributed by atoms with van der Waals surface area (Å²) in [6.07, 6.45) is 6.74. The Kier molecular flexibility index (Phi) is 4.32. The van der Waals surface area contributed by atoms with Gasteiger partial charge in [-0.3, -0.25) is 0 Å². The number of urea groups is 1. The Labute approximate surface area is 114 Å². The summed E-state index contributed by atoms with van der Waals surface area (Å²) in [4.78, 5) is 27.6. The normalized spacial score (nSPS) is 28.9. The van der Waals surface area contributed by atoms with Gasteiger partial charge < -0.3 is 14.9 Å². The monoisotopic (exact) mass is 268 g/mol. The molecule has 1 atom stereocenters. The Morgan fingerprint density at radius 1 is 0.947 bits per heavy atom. The van der Waals surface area contributed by atoms with Crippen LogP contribution in [0, 0.1) is 0 Å². The van der Waals surface area contributed by atoms with Crippen molar-refractivity contribution in [1.82, 2.24) is 9.80 Å². The van der Waals surface area contributed by atoms with Crippen molar-refractivity contribution in [3.63, 3.8) is 0 Å². The molecule has 1 N–H and O–H groups in total. The molecule has 108 valence electrons. The van der Waals surface area contributed by atoms with Crippen LogP contribution in [0.25, 0.3) is 0 Å². The number of piperidine rings is 1. The summed E-state index contributed by atoms with van der Waals surface area (Å²) in [5.74, 6) is -0.879. The molecular formula is C14H24N2O3. The van der Waals surface area contributed by atoms with Gasteiger partial charge in [-0.1, -0.05) is 12.8 Å². The number of aliphatic carboxylic acids is 1. The van der Waals surface area contributed by atoms with Gasteiger partial charge in [0.15, 0.2) is 0 Å². The average Bonchev–Trinajstić information content (AvgIpc) is 2.67. The lowest BCUT2D eigenvalue weighted by Gasteiger charge is -2.43. The van der Waals surface area contributed by atoms with E-state index in [1.165, 1.54) is 12.8 Å². The van der Waals surface area contributed by atoms with E-state index in [9.17, 15) is 14.7 Å². The largest absolute Gasteiger partial charge is 0.480 e. The minimum absolute atomic E-state index is 0.0773. The molecule has 5 heteroatoms. The summed E-state index contributed by atoms with van der Waals surface area (Å²) in [6.45, 7) is 3.79. The van der Waals surface area contributed by atoms with Crippen molar-refractivity contribution in [3.05, 3.63) is 0 Å². The molecule has 5 nitrogen and oxygen atoms in total. The molecule has 2 fully saturated rings. The van der Waals surface area contributed by atoms with Crippen molar-refractivity contribution in [1.29, 1.82) is 0 Å². The van der Waals surface area contributed by atoms with Crippen LogP contribution in [0.4, 0.5) is 4.79 Å². The molecule has 0 radical (unpaired) electrons. The maximum atomic E-state index is 12.6. The molecule has 2 rings (SSSR count). The maximum Gasteiger partial charge on any atom is 0.329 e. The molecule has 2 aliphatic rings. The first-order chi connectivity index (χ1) is 9.05. The lowest BCUT2D eigenvalue weighted by molar-refractivity contribution is -0.150. The van der Waals surface area contributed by atoms with Crippen molar-refractivity contribution in [2.45, 2.75) is 57.4 Å². The zero-order chi connectivity index (χ0) is 13.9. The number of carbonyl (C=O) groups is 2. The second-order valence-corrected chi connectivity index (χ2v) is 5.87. The van der Waals surface area contributed by atoms with Crippen molar-refractivity contribution < 1.29 is 14.7 Å². The van der Waals surface area contributed by atoms with Crippen molar-refractivity contribution >= 4 is 12.0 Å². The molecule has 2 aliphatic heterocycles. The van der Waals surface area contributed by atoms with Gasteiger partial charge >= 0.3 is 12.0 Å². The molecule has 0 aromatic carbocycles. The SMILES string of the molecule is CC1(C(=O)O)CCCCN1C(=O)N1CCCCCC1. The Balaban J connectivity index is 2.12. The minimum atomic E-state index is -1.03. The summed E-state index contributed by atoms with van der Waals surface area (Å²) in [5.41, 5.74) is -1.03. The second-order valence-electron chi connectivity index (χ2n) is 5.87. The number of likely N-dealkylation sites (tertiary alicyclic amines) is 2. The van der Waals surface area contributed by atoms with E-state index < -0.39 is 11.5 Å². The zero-order valence-electron chi connectivity index (χ0n) is 11.7. The Morgan fingerprint density at radius 3 is 2.11 bits per heavy atom. The minimum Gasteiger partial charge on any atom is -0.480 e. The third-order valence-electron chi connectivity index (χ3n) is 4.46. The molecule has 0 spiro atoms. The fraction of sp³-hybridized carbons (Fsp3) is 0.857. The maximum absolute atomic E-state index is 12.6. The third-order valence-corrected chi connectivity index (χ3v) is 4.46. The molecule has 0 bridgehead atoms. The molecule has 0 aromatic heterocycles. The predicted molar refractivity (Wildman–Crippen MR) is 72.0 cm³/mol. The molecule has 2 saturated heterocycles. The lowest BCUT2D eigenvalue weighted by atomic mass is 9.89. The van der Waals surface area contributed by atoms with Gasteiger partial charge in [-0.2, -0.15) is 0 Å². The van der Waals surface area contributed by atoms with Gasteiger partial charge in [-0.25, -0.2) is 9.59 Å². The summed E-state index contributed by atoms with van der Waals surface area (Å²) in [7, 11) is 0. The lowest BCUT2D eigenvalue weighted by Crippen LogP contribution is -2.60. The Hall–Kier alpha value is -1.26. The van der Waals surface area contributed by atoms with Gasteiger partial charge in [0.2, 0.25) is 0 Å². The number of carboxylic acids is 1. The van der Waals surface area contributed by atoms with E-state index in [1.807, 2.05) is 4.90 Å². The number of hydrogen-bond acceptors (Lipinski definition) is 2. The highest BCUT2D eigenvalue weighted by molar-refractivity contribution is 5.86. The number of carbonyl (C=O) groups excluding carboxylic acids is 1. The van der Waals surface area contributed by atoms with Crippen LogP contribution < -0.4 is 0 Å². The number of carboxylic acid groups (broad SMARTS) is 1. The molecule has 1 unspecified atom stereocenters. The standard InChI is InChI=1S/C14H24N2O3/c1-14(12(17)18)8-4-7-11-16(14)13(19)15-9-5-2-3-6-10-15/h2-11H2,1H3,(H,17,18). The van der Waals surface area contributed by atoms with Crippen LogP contribution in [0.15, 0.2) is 0 Å². The third kappa shape index (κ3) is 2.85. The quantitative estimate of drug-likeness (QED) is 0.794. The van der Waals surface area contributed by atoms with Gasteiger partial charge in [-0.05, 0) is 39.0 Å². The van der Waals surface area contributed by atoms with E-state index in [1.54, 1.807) is 11.8 Å². The number of amides is 2. The number of rotatable bonds is 1. The van der Waals surface area contributed by atoms with Crippen LogP contribution in [-0.4, -0.2) is 52.1 Å². The molecule has 2 amide bonds. The highest BCUT2D eigenvalue weighted by atomic mass is 16.4. The fourth-order valence-electron chi connectivity index (χ4n) is 3.08. The molecule has 19 heavy (non-hydrogen) atoms. The number of hydrogen-bond donors (Lipinski definition) is 1. The van der Waals surface area contributed by atoms with Gasteiger partial charge in [-0.15, -0.1) is 0 Å². The van der Waals surface area contributed by atoms with Crippen LogP contribution in [0.3, 0.4) is 0 Å². The second kappa shape index (κ2) is 5.80. The van der Waals surface area contributed by atoms with Gasteiger partial charge in [0.25, 0.3) is 0 Å². The Morgan fingerprint density at radius 2 is 1.53 bits per heavy atom. The van der Waals surface area contributed by atoms with Gasteiger partial charge in [0.05, 0.1) is 0 Å². The van der Waals surface area contributed by atoms with Gasteiger partial charge in [0.1, 0.15) is 5.54 Å². The summed E-state index contributed by atoms with van der Waals surface area (Å²) >= 11 is 0. The molecule has 0 aliphatic carbocycles. The first-order valence-corrected chi connectivity index (χ1v) is 7.35. The molecular weight excluding hydrogens is 244 g/mol. The van der Waals surface area contributed by atoms with Crippen molar-refractivity contribution in [2.24, 2.45) is 0 Å². The summed E-state index contributed by atoms with van der Waals surface area (Å²) < 4.78 is 0. The molecule has 0 aromatic rings. The van der Waals surface area contributed by atoms with Crippen LogP contribution in [0.5, 0.6) is 0 Å². The topological polar surface area (TPSA) is 60.9 Å². The van der Waals surface area contributed by atoms with E-state index >= 15 is 0 Å². The van der Waals surface area contributed by atoms with Crippen LogP contribution in [0.2, 0.25) is 0 Å². The first kappa shape index (κ1) is 14.2. The van der Waals surface area contributed by atoms with Crippen molar-refractivity contribution in [2.75, 3.05) is 19.6 Å². The van der Waals surface area contributed by atoms with Crippen LogP contribution in [0.1, 0.15) is 51.9 Å². The average molecular weight is 268 g/mol. The van der Waals surface area contributed by atoms with E-state index in [2.05, 4.69) is 0 Å².